The maximum absolute atomic E-state index is 13.1. The van der Waals surface area contributed by atoms with Crippen molar-refractivity contribution < 1.29 is 14.0 Å². The third-order valence-corrected chi connectivity index (χ3v) is 8.17. The van der Waals surface area contributed by atoms with Crippen LogP contribution in [0.5, 0.6) is 0 Å². The zero-order valence-electron chi connectivity index (χ0n) is 20.1. The fourth-order valence-electron chi connectivity index (χ4n) is 6.23. The number of likely N-dealkylation sites (N-methyl/N-ethyl adjacent to an activating group) is 1. The van der Waals surface area contributed by atoms with Crippen LogP contribution < -0.4 is 0 Å². The molecule has 0 radical (unpaired) electrons. The third-order valence-electron chi connectivity index (χ3n) is 8.17. The average molecular weight is 450 g/mol. The van der Waals surface area contributed by atoms with E-state index in [0.29, 0.717) is 23.7 Å². The maximum atomic E-state index is 13.1. The van der Waals surface area contributed by atoms with E-state index < -0.39 is 0 Å². The van der Waals surface area contributed by atoms with E-state index in [1.54, 1.807) is 0 Å². The zero-order chi connectivity index (χ0) is 23.2. The maximum Gasteiger partial charge on any atom is 0.257 e. The third kappa shape index (κ3) is 4.10. The number of nitrogens with zero attached hydrogens (tertiary/aromatic N) is 3. The number of rotatable bonds is 3. The van der Waals surface area contributed by atoms with Gasteiger partial charge in [-0.15, -0.1) is 0 Å². The van der Waals surface area contributed by atoms with Gasteiger partial charge in [0.2, 0.25) is 5.91 Å². The Labute approximate surface area is 196 Å². The lowest BCUT2D eigenvalue weighted by molar-refractivity contribution is -0.133. The second-order valence-electron chi connectivity index (χ2n) is 10.3. The summed E-state index contributed by atoms with van der Waals surface area (Å²) in [6, 6.07) is 10.6. The summed E-state index contributed by atoms with van der Waals surface area (Å²) in [5.41, 5.74) is 3.51. The molecule has 0 bridgehead atoms. The first-order chi connectivity index (χ1) is 15.9. The van der Waals surface area contributed by atoms with Crippen LogP contribution in [-0.2, 0) is 10.2 Å². The van der Waals surface area contributed by atoms with Gasteiger partial charge in [0.1, 0.15) is 11.5 Å². The Bertz CT molecular complexity index is 1040. The highest BCUT2D eigenvalue weighted by Gasteiger charge is 2.46. The van der Waals surface area contributed by atoms with Crippen molar-refractivity contribution in [3.8, 4) is 0 Å². The van der Waals surface area contributed by atoms with E-state index in [0.717, 1.165) is 64.3 Å². The number of hydrogen-bond acceptors (Lipinski definition) is 4. The Kier molecular flexibility index (Phi) is 5.81. The molecule has 0 N–H and O–H groups in total. The number of fused-ring (bicyclic) bond motifs is 2. The minimum Gasteiger partial charge on any atom is -0.466 e. The van der Waals surface area contributed by atoms with Gasteiger partial charge in [-0.1, -0.05) is 24.3 Å². The quantitative estimate of drug-likeness (QED) is 0.717. The highest BCUT2D eigenvalue weighted by molar-refractivity contribution is 5.95. The van der Waals surface area contributed by atoms with Gasteiger partial charge in [0.05, 0.1) is 5.56 Å². The predicted molar refractivity (Wildman–Crippen MR) is 127 cm³/mol. The second-order valence-corrected chi connectivity index (χ2v) is 10.3. The van der Waals surface area contributed by atoms with Crippen molar-refractivity contribution in [3.63, 3.8) is 0 Å². The number of benzene rings is 1. The molecule has 1 atom stereocenters. The average Bonchev–Trinajstić information content (AvgIpc) is 3.31. The van der Waals surface area contributed by atoms with Crippen LogP contribution in [0.25, 0.3) is 0 Å². The lowest BCUT2D eigenvalue weighted by Gasteiger charge is -2.40. The topological polar surface area (TPSA) is 57.0 Å². The highest BCUT2D eigenvalue weighted by Crippen LogP contribution is 2.52. The smallest absolute Gasteiger partial charge is 0.257 e. The van der Waals surface area contributed by atoms with Crippen molar-refractivity contribution in [1.82, 2.24) is 14.7 Å². The van der Waals surface area contributed by atoms with Crippen LogP contribution in [0.15, 0.2) is 34.7 Å². The van der Waals surface area contributed by atoms with Gasteiger partial charge in [0, 0.05) is 45.7 Å². The summed E-state index contributed by atoms with van der Waals surface area (Å²) >= 11 is 0. The molecule has 0 saturated carbocycles. The molecule has 1 aliphatic carbocycles. The summed E-state index contributed by atoms with van der Waals surface area (Å²) in [7, 11) is 2.12. The van der Waals surface area contributed by atoms with Crippen molar-refractivity contribution in [2.24, 2.45) is 0 Å². The van der Waals surface area contributed by atoms with E-state index in [2.05, 4.69) is 36.2 Å². The molecule has 0 unspecified atom stereocenters. The Balaban J connectivity index is 1.29. The Hall–Kier alpha value is -2.60. The van der Waals surface area contributed by atoms with Gasteiger partial charge in [-0.25, -0.2) is 0 Å². The van der Waals surface area contributed by atoms with Crippen LogP contribution in [0.2, 0.25) is 0 Å². The Morgan fingerprint density at radius 1 is 1.00 bits per heavy atom. The molecule has 33 heavy (non-hydrogen) atoms. The van der Waals surface area contributed by atoms with Gasteiger partial charge in [-0.2, -0.15) is 0 Å². The minimum atomic E-state index is 0.0712. The van der Waals surface area contributed by atoms with Crippen molar-refractivity contribution >= 4 is 11.8 Å². The van der Waals surface area contributed by atoms with Crippen LogP contribution in [0.3, 0.4) is 0 Å². The number of carbonyl (C=O) groups excluding carboxylic acids is 2. The predicted octanol–water partition coefficient (Wildman–Crippen LogP) is 3.72. The number of carbonyl (C=O) groups is 2. The SMILES string of the molecule is Cc1cc(C(=O)N2CCC3(CC2)C[C@@H](CC(=O)N2CCN(C)CC2)c2ccccc23)c(C)o1. The summed E-state index contributed by atoms with van der Waals surface area (Å²) in [4.78, 5) is 32.5. The molecule has 2 aliphatic heterocycles. The lowest BCUT2D eigenvalue weighted by Crippen LogP contribution is -2.47. The van der Waals surface area contributed by atoms with E-state index in [9.17, 15) is 9.59 Å². The van der Waals surface area contributed by atoms with E-state index in [4.69, 9.17) is 4.42 Å². The molecule has 6 nitrogen and oxygen atoms in total. The molecule has 1 spiro atoms. The first-order valence-electron chi connectivity index (χ1n) is 12.3. The molecule has 2 fully saturated rings. The summed E-state index contributed by atoms with van der Waals surface area (Å²) in [5.74, 6) is 2.12. The molecule has 3 aliphatic rings. The number of aryl methyl sites for hydroxylation is 2. The monoisotopic (exact) mass is 449 g/mol. The van der Waals surface area contributed by atoms with E-state index in [1.165, 1.54) is 11.1 Å². The van der Waals surface area contributed by atoms with Gasteiger partial charge in [0.15, 0.2) is 0 Å². The van der Waals surface area contributed by atoms with Crippen LogP contribution in [0, 0.1) is 13.8 Å². The summed E-state index contributed by atoms with van der Waals surface area (Å²) in [5, 5.41) is 0. The minimum absolute atomic E-state index is 0.0712. The fourth-order valence-corrected chi connectivity index (χ4v) is 6.23. The van der Waals surface area contributed by atoms with Crippen LogP contribution >= 0.6 is 0 Å². The molecule has 1 aromatic carbocycles. The van der Waals surface area contributed by atoms with Crippen molar-refractivity contribution in [3.05, 3.63) is 58.5 Å². The van der Waals surface area contributed by atoms with Gasteiger partial charge in [-0.3, -0.25) is 9.59 Å². The first kappa shape index (κ1) is 22.2. The van der Waals surface area contributed by atoms with E-state index in [-0.39, 0.29) is 17.2 Å². The molecular formula is C27H35N3O3. The number of likely N-dealkylation sites (tertiary alicyclic amines) is 1. The standard InChI is InChI=1S/C27H35N3O3/c1-19-16-23(20(2)33-19)26(32)30-10-8-27(9-11-30)18-21(22-6-4-5-7-24(22)27)17-25(31)29-14-12-28(3)13-15-29/h4-7,16,21H,8-15,17-18H2,1-3H3/t21-/m1/s1. The van der Waals surface area contributed by atoms with Crippen molar-refractivity contribution in [2.45, 2.75) is 50.9 Å². The summed E-state index contributed by atoms with van der Waals surface area (Å²) in [6.07, 6.45) is 3.51. The van der Waals surface area contributed by atoms with Gasteiger partial charge < -0.3 is 19.1 Å². The molecule has 176 valence electrons. The molecule has 3 heterocycles. The van der Waals surface area contributed by atoms with Gasteiger partial charge in [0.25, 0.3) is 5.91 Å². The van der Waals surface area contributed by atoms with Gasteiger partial charge in [-0.05, 0) is 68.7 Å². The molecule has 5 rings (SSSR count). The molecule has 2 amide bonds. The largest absolute Gasteiger partial charge is 0.466 e. The number of furan rings is 1. The zero-order valence-corrected chi connectivity index (χ0v) is 20.1. The number of hydrogen-bond donors (Lipinski definition) is 0. The fraction of sp³-hybridized carbons (Fsp3) is 0.556. The van der Waals surface area contributed by atoms with Crippen molar-refractivity contribution in [2.75, 3.05) is 46.3 Å². The second kappa shape index (κ2) is 8.64. The number of piperidine rings is 1. The molecular weight excluding hydrogens is 414 g/mol. The van der Waals surface area contributed by atoms with E-state index >= 15 is 0 Å². The summed E-state index contributed by atoms with van der Waals surface area (Å²) < 4.78 is 5.59. The lowest BCUT2D eigenvalue weighted by atomic mass is 9.73. The normalized spacial score (nSPS) is 22.6. The first-order valence-corrected chi connectivity index (χ1v) is 12.3. The van der Waals surface area contributed by atoms with Crippen molar-refractivity contribution in [1.29, 1.82) is 0 Å². The van der Waals surface area contributed by atoms with E-state index in [1.807, 2.05) is 29.7 Å². The van der Waals surface area contributed by atoms with Crippen LogP contribution in [0.1, 0.15) is 64.6 Å². The molecule has 1 aromatic heterocycles. The molecule has 6 heteroatoms. The molecule has 2 aromatic rings. The Morgan fingerprint density at radius 3 is 2.36 bits per heavy atom. The van der Waals surface area contributed by atoms with Gasteiger partial charge >= 0.3 is 0 Å². The molecule has 2 saturated heterocycles. The number of piperazine rings is 1. The highest BCUT2D eigenvalue weighted by atomic mass is 16.3. The Morgan fingerprint density at radius 2 is 1.70 bits per heavy atom. The van der Waals surface area contributed by atoms with Crippen LogP contribution in [0.4, 0.5) is 0 Å². The van der Waals surface area contributed by atoms with Crippen LogP contribution in [-0.4, -0.2) is 72.8 Å². The summed E-state index contributed by atoms with van der Waals surface area (Å²) in [6.45, 7) is 8.81. The number of amides is 2.